The molecule has 0 fully saturated rings. The molecule has 2 rings (SSSR count). The number of aliphatic hydroxyl groups excluding tert-OH is 1. The van der Waals surface area contributed by atoms with E-state index >= 15 is 0 Å². The highest BCUT2D eigenvalue weighted by atomic mass is 16.5. The van der Waals surface area contributed by atoms with E-state index < -0.39 is 6.10 Å². The fourth-order valence-electron chi connectivity index (χ4n) is 2.07. The lowest BCUT2D eigenvalue weighted by molar-refractivity contribution is -0.122. The lowest BCUT2D eigenvalue weighted by Crippen LogP contribution is -2.30. The smallest absolute Gasteiger partial charge is 0.265 e. The average molecular weight is 299 g/mol. The molecule has 0 aromatic heterocycles. The number of benzene rings is 2. The van der Waals surface area contributed by atoms with Gasteiger partial charge in [-0.25, -0.2) is 0 Å². The Labute approximate surface area is 130 Å². The Kier molecular flexibility index (Phi) is 5.55. The maximum absolute atomic E-state index is 12.1. The van der Waals surface area contributed by atoms with Crippen LogP contribution >= 0.6 is 0 Å². The van der Waals surface area contributed by atoms with E-state index in [0.29, 0.717) is 17.9 Å². The number of hydrogen-bond acceptors (Lipinski definition) is 3. The number of hydrogen-bond donors (Lipinski definition) is 2. The van der Waals surface area contributed by atoms with Crippen LogP contribution < -0.4 is 10.1 Å². The van der Waals surface area contributed by atoms with Crippen LogP contribution in [0.1, 0.15) is 18.1 Å². The van der Waals surface area contributed by atoms with Gasteiger partial charge in [0, 0.05) is 12.3 Å². The zero-order valence-corrected chi connectivity index (χ0v) is 12.9. The molecule has 0 spiro atoms. The third-order valence-corrected chi connectivity index (χ3v) is 3.29. The van der Waals surface area contributed by atoms with E-state index in [2.05, 4.69) is 5.32 Å². The van der Waals surface area contributed by atoms with Crippen LogP contribution in [0.3, 0.4) is 0 Å². The molecule has 2 aromatic carbocycles. The summed E-state index contributed by atoms with van der Waals surface area (Å²) in [6, 6.07) is 15.0. The summed E-state index contributed by atoms with van der Waals surface area (Å²) >= 11 is 0. The van der Waals surface area contributed by atoms with Gasteiger partial charge in [-0.15, -0.1) is 0 Å². The molecule has 4 nitrogen and oxygen atoms in total. The van der Waals surface area contributed by atoms with Gasteiger partial charge < -0.3 is 15.2 Å². The summed E-state index contributed by atoms with van der Waals surface area (Å²) in [5, 5.41) is 11.7. The monoisotopic (exact) mass is 299 g/mol. The second-order valence-corrected chi connectivity index (χ2v) is 5.24. The minimum absolute atomic E-state index is 0.118. The number of nitrogens with one attached hydrogen (secondary N) is 1. The highest BCUT2D eigenvalue weighted by Gasteiger charge is 2.14. The predicted octanol–water partition coefficient (Wildman–Crippen LogP) is 2.94. The van der Waals surface area contributed by atoms with E-state index in [9.17, 15) is 4.79 Å². The van der Waals surface area contributed by atoms with E-state index in [1.165, 1.54) is 0 Å². The summed E-state index contributed by atoms with van der Waals surface area (Å²) in [5.41, 5.74) is 2.83. The number of aryl methyl sites for hydroxylation is 1. The van der Waals surface area contributed by atoms with Crippen LogP contribution in [-0.2, 0) is 11.2 Å². The molecule has 116 valence electrons. The van der Waals surface area contributed by atoms with Crippen LogP contribution in [0.15, 0.2) is 48.5 Å². The van der Waals surface area contributed by atoms with Crippen LogP contribution in [0, 0.1) is 6.92 Å². The molecule has 0 radical (unpaired) electrons. The number of carbonyl (C=O) groups excluding carboxylic acids is 1. The highest BCUT2D eigenvalue weighted by Crippen LogP contribution is 2.15. The van der Waals surface area contributed by atoms with Crippen molar-refractivity contribution in [3.05, 3.63) is 59.7 Å². The number of rotatable bonds is 6. The Hall–Kier alpha value is -2.33. The Morgan fingerprint density at radius 1 is 1.23 bits per heavy atom. The minimum Gasteiger partial charge on any atom is -0.481 e. The van der Waals surface area contributed by atoms with Crippen molar-refractivity contribution in [2.24, 2.45) is 0 Å². The largest absolute Gasteiger partial charge is 0.481 e. The predicted molar refractivity (Wildman–Crippen MR) is 87.1 cm³/mol. The first kappa shape index (κ1) is 16.0. The molecule has 0 bridgehead atoms. The van der Waals surface area contributed by atoms with E-state index in [1.807, 2.05) is 55.5 Å². The van der Waals surface area contributed by atoms with Gasteiger partial charge in [-0.3, -0.25) is 4.79 Å². The quantitative estimate of drug-likeness (QED) is 0.862. The lowest BCUT2D eigenvalue weighted by atomic mass is 10.1. The van der Waals surface area contributed by atoms with Crippen LogP contribution in [0.4, 0.5) is 5.69 Å². The summed E-state index contributed by atoms with van der Waals surface area (Å²) in [4.78, 5) is 12.1. The van der Waals surface area contributed by atoms with Crippen molar-refractivity contribution in [3.8, 4) is 5.75 Å². The Morgan fingerprint density at radius 2 is 1.95 bits per heavy atom. The molecule has 22 heavy (non-hydrogen) atoms. The molecule has 0 aliphatic heterocycles. The number of anilines is 1. The van der Waals surface area contributed by atoms with Crippen molar-refractivity contribution in [1.29, 1.82) is 0 Å². The van der Waals surface area contributed by atoms with Crippen LogP contribution in [-0.4, -0.2) is 23.7 Å². The molecule has 0 saturated heterocycles. The topological polar surface area (TPSA) is 58.6 Å². The molecule has 0 aliphatic carbocycles. The Balaban J connectivity index is 1.93. The van der Waals surface area contributed by atoms with Gasteiger partial charge in [0.15, 0.2) is 6.10 Å². The zero-order chi connectivity index (χ0) is 15.9. The van der Waals surface area contributed by atoms with E-state index in [1.54, 1.807) is 6.92 Å². The summed E-state index contributed by atoms with van der Waals surface area (Å²) in [6.07, 6.45) is 0.0279. The fraction of sp³-hybridized carbons (Fsp3) is 0.278. The molecule has 0 heterocycles. The fourth-order valence-corrected chi connectivity index (χ4v) is 2.07. The number of ether oxygens (including phenoxy) is 1. The van der Waals surface area contributed by atoms with Gasteiger partial charge in [-0.2, -0.15) is 0 Å². The van der Waals surface area contributed by atoms with Crippen LogP contribution in [0.5, 0.6) is 5.75 Å². The number of aliphatic hydroxyl groups is 1. The number of amides is 1. The highest BCUT2D eigenvalue weighted by molar-refractivity contribution is 5.94. The van der Waals surface area contributed by atoms with Crippen molar-refractivity contribution >= 4 is 11.6 Å². The van der Waals surface area contributed by atoms with E-state index in [-0.39, 0.29) is 12.5 Å². The molecule has 1 unspecified atom stereocenters. The van der Waals surface area contributed by atoms with Gasteiger partial charge in [0.05, 0.1) is 0 Å². The van der Waals surface area contributed by atoms with Crippen LogP contribution in [0.25, 0.3) is 0 Å². The molecule has 0 saturated carbocycles. The van der Waals surface area contributed by atoms with Crippen molar-refractivity contribution in [2.75, 3.05) is 11.9 Å². The van der Waals surface area contributed by atoms with Gasteiger partial charge >= 0.3 is 0 Å². The first-order valence-electron chi connectivity index (χ1n) is 7.32. The minimum atomic E-state index is -0.584. The third-order valence-electron chi connectivity index (χ3n) is 3.29. The van der Waals surface area contributed by atoms with Gasteiger partial charge in [-0.1, -0.05) is 24.3 Å². The van der Waals surface area contributed by atoms with Crippen molar-refractivity contribution in [3.63, 3.8) is 0 Å². The van der Waals surface area contributed by atoms with E-state index in [4.69, 9.17) is 9.84 Å². The first-order valence-corrected chi connectivity index (χ1v) is 7.32. The molecule has 2 N–H and O–H groups in total. The molecule has 0 aliphatic rings. The summed E-state index contributed by atoms with van der Waals surface area (Å²) < 4.78 is 5.65. The summed E-state index contributed by atoms with van der Waals surface area (Å²) in [6.45, 7) is 3.82. The summed E-state index contributed by atoms with van der Waals surface area (Å²) in [7, 11) is 0. The van der Waals surface area contributed by atoms with Gasteiger partial charge in [0.25, 0.3) is 5.91 Å². The normalized spacial score (nSPS) is 11.8. The number of carbonyl (C=O) groups is 1. The zero-order valence-electron chi connectivity index (χ0n) is 12.9. The maximum Gasteiger partial charge on any atom is 0.265 e. The molecule has 4 heteroatoms. The molecule has 1 amide bonds. The van der Waals surface area contributed by atoms with Crippen molar-refractivity contribution < 1.29 is 14.6 Å². The van der Waals surface area contributed by atoms with Gasteiger partial charge in [0.2, 0.25) is 0 Å². The van der Waals surface area contributed by atoms with Crippen molar-refractivity contribution in [1.82, 2.24) is 0 Å². The second-order valence-electron chi connectivity index (χ2n) is 5.24. The summed E-state index contributed by atoms with van der Waals surface area (Å²) in [5.74, 6) is 0.484. The molecule has 2 aromatic rings. The lowest BCUT2D eigenvalue weighted by Gasteiger charge is -2.15. The SMILES string of the molecule is Cc1cccc(OC(C)C(=O)Nc2ccc(CCO)cc2)c1. The molecule has 1 atom stereocenters. The standard InChI is InChI=1S/C18H21NO3/c1-13-4-3-5-17(12-13)22-14(2)18(21)19-16-8-6-15(7-9-16)10-11-20/h3-9,12,14,20H,10-11H2,1-2H3,(H,19,21). The Bertz CT molecular complexity index is 622. The molecular weight excluding hydrogens is 278 g/mol. The van der Waals surface area contributed by atoms with E-state index in [0.717, 1.165) is 11.1 Å². The average Bonchev–Trinajstić information content (AvgIpc) is 2.49. The second kappa shape index (κ2) is 7.61. The Morgan fingerprint density at radius 3 is 2.59 bits per heavy atom. The first-order chi connectivity index (χ1) is 10.6. The van der Waals surface area contributed by atoms with Crippen LogP contribution in [0.2, 0.25) is 0 Å². The van der Waals surface area contributed by atoms with Crippen molar-refractivity contribution in [2.45, 2.75) is 26.4 Å². The van der Waals surface area contributed by atoms with Gasteiger partial charge in [-0.05, 0) is 55.7 Å². The molecular formula is C18H21NO3. The maximum atomic E-state index is 12.1. The third kappa shape index (κ3) is 4.60. The van der Waals surface area contributed by atoms with Gasteiger partial charge in [0.1, 0.15) is 5.75 Å².